The quantitative estimate of drug-likeness (QED) is 0.506. The second-order valence-corrected chi connectivity index (χ2v) is 6.42. The lowest BCUT2D eigenvalue weighted by Gasteiger charge is -2.09. The number of rotatable bonds is 5. The third-order valence-corrected chi connectivity index (χ3v) is 4.51. The summed E-state index contributed by atoms with van der Waals surface area (Å²) in [6.45, 7) is 1.75. The first-order valence-electron chi connectivity index (χ1n) is 7.60. The molecule has 0 atom stereocenters. The summed E-state index contributed by atoms with van der Waals surface area (Å²) in [5.74, 6) is 6.34. The molecule has 0 aliphatic carbocycles. The van der Waals surface area contributed by atoms with Gasteiger partial charge in [-0.2, -0.15) is 13.2 Å². The maximum absolute atomic E-state index is 12.7. The summed E-state index contributed by atoms with van der Waals surface area (Å²) in [5.41, 5.74) is -0.112. The number of nitrogen functional groups attached to an aromatic ring is 1. The van der Waals surface area contributed by atoms with E-state index in [9.17, 15) is 18.0 Å². The van der Waals surface area contributed by atoms with Crippen LogP contribution in [0.25, 0.3) is 11.4 Å². The lowest BCUT2D eigenvalue weighted by atomic mass is 10.2. The van der Waals surface area contributed by atoms with Crippen molar-refractivity contribution in [2.45, 2.75) is 18.3 Å². The number of benzene rings is 1. The van der Waals surface area contributed by atoms with E-state index in [1.165, 1.54) is 23.1 Å². The van der Waals surface area contributed by atoms with Crippen LogP contribution < -0.4 is 11.2 Å². The Morgan fingerprint density at radius 1 is 1.33 bits per heavy atom. The van der Waals surface area contributed by atoms with Crippen molar-refractivity contribution in [3.8, 4) is 11.4 Å². The predicted molar refractivity (Wildman–Crippen MR) is 93.4 cm³/mol. The first kappa shape index (κ1) is 18.8. The van der Waals surface area contributed by atoms with E-state index in [2.05, 4.69) is 15.5 Å². The minimum absolute atomic E-state index is 0.0550. The molecule has 11 heteroatoms. The molecule has 27 heavy (non-hydrogen) atoms. The maximum atomic E-state index is 12.7. The zero-order chi connectivity index (χ0) is 19.6. The average molecular weight is 397 g/mol. The smallest absolute Gasteiger partial charge is 0.416 e. The highest BCUT2D eigenvalue weighted by atomic mass is 32.2. The Morgan fingerprint density at radius 3 is 2.78 bits per heavy atom. The summed E-state index contributed by atoms with van der Waals surface area (Å²) in [4.78, 5) is 12.0. The van der Waals surface area contributed by atoms with Gasteiger partial charge in [0.2, 0.25) is 11.1 Å². The van der Waals surface area contributed by atoms with Gasteiger partial charge in [-0.15, -0.1) is 10.2 Å². The summed E-state index contributed by atoms with van der Waals surface area (Å²) >= 11 is 1.01. The number of halogens is 3. The van der Waals surface area contributed by atoms with Crippen LogP contribution in [-0.2, 0) is 11.0 Å². The summed E-state index contributed by atoms with van der Waals surface area (Å²) in [7, 11) is 0. The fourth-order valence-electron chi connectivity index (χ4n) is 2.28. The van der Waals surface area contributed by atoms with Crippen LogP contribution in [0.4, 0.5) is 18.9 Å². The number of thioether (sulfide) groups is 1. The Morgan fingerprint density at radius 2 is 2.11 bits per heavy atom. The summed E-state index contributed by atoms with van der Waals surface area (Å²) in [5, 5.41) is 10.6. The van der Waals surface area contributed by atoms with E-state index in [0.29, 0.717) is 17.1 Å². The number of carbonyl (C=O) groups excluding carboxylic acids is 1. The molecule has 0 bridgehead atoms. The molecule has 0 saturated heterocycles. The second kappa shape index (κ2) is 7.35. The molecule has 2 aromatic heterocycles. The number of hydrogen-bond donors (Lipinski definition) is 2. The molecule has 0 spiro atoms. The van der Waals surface area contributed by atoms with E-state index in [4.69, 9.17) is 10.3 Å². The van der Waals surface area contributed by atoms with Gasteiger partial charge in [0, 0.05) is 5.69 Å². The molecule has 0 aliphatic rings. The van der Waals surface area contributed by atoms with E-state index >= 15 is 0 Å². The number of nitrogens with two attached hydrogens (primary N) is 1. The molecule has 2 heterocycles. The highest BCUT2D eigenvalue weighted by Crippen LogP contribution is 2.31. The van der Waals surface area contributed by atoms with E-state index in [1.807, 2.05) is 0 Å². The minimum Gasteiger partial charge on any atom is -0.469 e. The molecule has 0 unspecified atom stereocenters. The lowest BCUT2D eigenvalue weighted by Crippen LogP contribution is -2.17. The van der Waals surface area contributed by atoms with Crippen LogP contribution in [0, 0.1) is 6.92 Å². The van der Waals surface area contributed by atoms with Crippen molar-refractivity contribution < 1.29 is 22.4 Å². The van der Waals surface area contributed by atoms with Gasteiger partial charge >= 0.3 is 6.18 Å². The number of alkyl halides is 3. The third kappa shape index (κ3) is 4.25. The molecule has 0 radical (unpaired) electrons. The number of carbonyl (C=O) groups is 1. The molecule has 0 fully saturated rings. The summed E-state index contributed by atoms with van der Waals surface area (Å²) < 4.78 is 44.5. The second-order valence-electron chi connectivity index (χ2n) is 5.48. The van der Waals surface area contributed by atoms with Crippen molar-refractivity contribution in [2.75, 3.05) is 16.9 Å². The fraction of sp³-hybridized carbons (Fsp3) is 0.188. The number of nitrogens with one attached hydrogen (secondary N) is 1. The number of aromatic nitrogens is 3. The van der Waals surface area contributed by atoms with E-state index in [-0.39, 0.29) is 16.6 Å². The lowest BCUT2D eigenvalue weighted by molar-refractivity contribution is -0.137. The number of anilines is 1. The molecule has 142 valence electrons. The summed E-state index contributed by atoms with van der Waals surface area (Å²) in [6, 6.07) is 6.09. The van der Waals surface area contributed by atoms with Crippen LogP contribution in [0.3, 0.4) is 0 Å². The van der Waals surface area contributed by atoms with Crippen molar-refractivity contribution in [3.05, 3.63) is 47.9 Å². The molecule has 3 N–H and O–H groups in total. The van der Waals surface area contributed by atoms with Crippen molar-refractivity contribution >= 4 is 23.4 Å². The first-order valence-corrected chi connectivity index (χ1v) is 8.59. The van der Waals surface area contributed by atoms with Crippen molar-refractivity contribution in [1.82, 2.24) is 14.9 Å². The molecule has 0 saturated carbocycles. The van der Waals surface area contributed by atoms with Crippen molar-refractivity contribution in [3.63, 3.8) is 0 Å². The molecular weight excluding hydrogens is 383 g/mol. The Labute approximate surface area is 155 Å². The van der Waals surface area contributed by atoms with E-state index in [0.717, 1.165) is 23.9 Å². The van der Waals surface area contributed by atoms with E-state index < -0.39 is 17.6 Å². The number of hydrogen-bond acceptors (Lipinski definition) is 6. The Balaban J connectivity index is 1.64. The Bertz CT molecular complexity index is 967. The van der Waals surface area contributed by atoms with Crippen LogP contribution in [-0.4, -0.2) is 26.5 Å². The van der Waals surface area contributed by atoms with Gasteiger partial charge in [-0.25, -0.2) is 4.68 Å². The molecule has 7 nitrogen and oxygen atoms in total. The Kier molecular flexibility index (Phi) is 5.13. The third-order valence-electron chi connectivity index (χ3n) is 3.57. The van der Waals surface area contributed by atoms with Gasteiger partial charge in [0.25, 0.3) is 0 Å². The molecule has 1 aromatic carbocycles. The van der Waals surface area contributed by atoms with Gasteiger partial charge < -0.3 is 15.6 Å². The van der Waals surface area contributed by atoms with Gasteiger partial charge in [0.05, 0.1) is 23.1 Å². The monoisotopic (exact) mass is 397 g/mol. The summed E-state index contributed by atoms with van der Waals surface area (Å²) in [6.07, 6.45) is -2.98. The fourth-order valence-corrected chi connectivity index (χ4v) is 2.93. The highest BCUT2D eigenvalue weighted by Gasteiger charge is 2.30. The normalized spacial score (nSPS) is 11.6. The molecule has 3 rings (SSSR count). The number of aryl methyl sites for hydroxylation is 1. The molecule has 1 amide bonds. The van der Waals surface area contributed by atoms with Crippen LogP contribution >= 0.6 is 11.8 Å². The van der Waals surface area contributed by atoms with Crippen LogP contribution in [0.15, 0.2) is 46.2 Å². The highest BCUT2D eigenvalue weighted by molar-refractivity contribution is 7.99. The standard InChI is InChI=1S/C16H14F3N5O2S/c1-9-12(5-6-26-9)14-22-23-15(24(14)20)27-8-13(25)21-11-4-2-3-10(7-11)16(17,18)19/h2-7H,8,20H2,1H3,(H,21,25). The average Bonchev–Trinajstić information content (AvgIpc) is 3.18. The maximum Gasteiger partial charge on any atom is 0.416 e. The van der Waals surface area contributed by atoms with Crippen molar-refractivity contribution in [1.29, 1.82) is 0 Å². The predicted octanol–water partition coefficient (Wildman–Crippen LogP) is 3.31. The van der Waals surface area contributed by atoms with Crippen molar-refractivity contribution in [2.24, 2.45) is 0 Å². The van der Waals surface area contributed by atoms with Crippen LogP contribution in [0.1, 0.15) is 11.3 Å². The minimum atomic E-state index is -4.48. The number of nitrogens with zero attached hydrogens (tertiary/aromatic N) is 3. The molecule has 0 aliphatic heterocycles. The van der Waals surface area contributed by atoms with Crippen LogP contribution in [0.2, 0.25) is 0 Å². The van der Waals surface area contributed by atoms with Gasteiger partial charge in [0.1, 0.15) is 5.76 Å². The molecule has 3 aromatic rings. The van der Waals surface area contributed by atoms with Gasteiger partial charge in [-0.3, -0.25) is 4.79 Å². The van der Waals surface area contributed by atoms with Gasteiger partial charge in [-0.1, -0.05) is 17.8 Å². The van der Waals surface area contributed by atoms with E-state index in [1.54, 1.807) is 13.0 Å². The van der Waals surface area contributed by atoms with Gasteiger partial charge in [-0.05, 0) is 31.2 Å². The number of amides is 1. The molecular formula is C16H14F3N5O2S. The topological polar surface area (TPSA) is 99.0 Å². The zero-order valence-corrected chi connectivity index (χ0v) is 14.8. The SMILES string of the molecule is Cc1occc1-c1nnc(SCC(=O)Nc2cccc(C(F)(F)F)c2)n1N. The number of furan rings is 1. The first-order chi connectivity index (χ1) is 12.8. The largest absolute Gasteiger partial charge is 0.469 e. The zero-order valence-electron chi connectivity index (χ0n) is 13.9. The van der Waals surface area contributed by atoms with Crippen LogP contribution in [0.5, 0.6) is 0 Å². The Hall–Kier alpha value is -2.95. The van der Waals surface area contributed by atoms with Gasteiger partial charge in [0.15, 0.2) is 5.82 Å².